The van der Waals surface area contributed by atoms with Gasteiger partial charge in [-0.25, -0.2) is 0 Å². The van der Waals surface area contributed by atoms with Crippen LogP contribution in [0.25, 0.3) is 0 Å². The minimum absolute atomic E-state index is 0.0464. The average molecular weight is 298 g/mol. The van der Waals surface area contributed by atoms with E-state index < -0.39 is 12.3 Å². The van der Waals surface area contributed by atoms with Gasteiger partial charge in [-0.1, -0.05) is 48.1 Å². The van der Waals surface area contributed by atoms with Crippen molar-refractivity contribution in [3.05, 3.63) is 59.2 Å². The summed E-state index contributed by atoms with van der Waals surface area (Å²) < 4.78 is 10.8. The first-order valence-electron chi connectivity index (χ1n) is 7.33. The van der Waals surface area contributed by atoms with Gasteiger partial charge in [0, 0.05) is 18.4 Å². The summed E-state index contributed by atoms with van der Waals surface area (Å²) in [5.74, 6) is -0.794. The second-order valence-corrected chi connectivity index (χ2v) is 5.68. The van der Waals surface area contributed by atoms with Gasteiger partial charge in [0.25, 0.3) is 0 Å². The molecule has 114 valence electrons. The van der Waals surface area contributed by atoms with Gasteiger partial charge in [-0.15, -0.1) is 0 Å². The summed E-state index contributed by atoms with van der Waals surface area (Å²) in [7, 11) is 0. The lowest BCUT2D eigenvalue weighted by Gasteiger charge is -2.37. The van der Waals surface area contributed by atoms with Crippen molar-refractivity contribution in [2.45, 2.75) is 26.1 Å². The Morgan fingerprint density at radius 2 is 2.00 bits per heavy atom. The van der Waals surface area contributed by atoms with Crippen LogP contribution in [0.1, 0.15) is 24.0 Å². The van der Waals surface area contributed by atoms with Crippen LogP contribution in [-0.2, 0) is 19.1 Å². The van der Waals surface area contributed by atoms with Crippen LogP contribution in [0.2, 0.25) is 0 Å². The average Bonchev–Trinajstić information content (AvgIpc) is 2.50. The molecular weight excluding hydrogens is 280 g/mol. The molecule has 0 radical (unpaired) electrons. The number of aryl methyl sites for hydroxylation is 1. The van der Waals surface area contributed by atoms with Gasteiger partial charge in [0.05, 0.1) is 5.92 Å². The summed E-state index contributed by atoms with van der Waals surface area (Å²) >= 11 is 0. The van der Waals surface area contributed by atoms with Crippen LogP contribution in [-0.4, -0.2) is 24.6 Å². The van der Waals surface area contributed by atoms with Crippen LogP contribution in [0.15, 0.2) is 48.1 Å². The normalized spacial score (nSPS) is 27.1. The number of benzene rings is 1. The highest BCUT2D eigenvalue weighted by atomic mass is 16.7. The number of ether oxygens (including phenoxy) is 2. The second kappa shape index (κ2) is 5.89. The van der Waals surface area contributed by atoms with Gasteiger partial charge in [0.2, 0.25) is 6.29 Å². The predicted octanol–water partition coefficient (Wildman–Crippen LogP) is 2.68. The molecule has 1 aromatic rings. The van der Waals surface area contributed by atoms with Crippen LogP contribution >= 0.6 is 0 Å². The summed E-state index contributed by atoms with van der Waals surface area (Å²) in [6, 6.07) is 8.15. The molecule has 1 aliphatic carbocycles. The van der Waals surface area contributed by atoms with E-state index in [2.05, 4.69) is 0 Å². The number of Topliss-reactive ketones (excluding diaryl/α,β-unsaturated/α-hetero) is 1. The van der Waals surface area contributed by atoms with Crippen LogP contribution in [0.3, 0.4) is 0 Å². The Morgan fingerprint density at radius 3 is 2.68 bits per heavy atom. The smallest absolute Gasteiger partial charge is 0.304 e. The van der Waals surface area contributed by atoms with Gasteiger partial charge < -0.3 is 9.47 Å². The number of ketones is 1. The number of hydrogen-bond donors (Lipinski definition) is 0. The maximum atomic E-state index is 12.1. The SMILES string of the molecule is CC(=O)O[C@@H]1OCC(=O)C2=CC=C[C@@H](c3ccc(C)cc3)[C@H]21. The van der Waals surface area contributed by atoms with Gasteiger partial charge in [0.15, 0.2) is 5.78 Å². The summed E-state index contributed by atoms with van der Waals surface area (Å²) in [6.45, 7) is 3.33. The van der Waals surface area contributed by atoms with E-state index in [1.807, 2.05) is 43.3 Å². The fraction of sp³-hybridized carbons (Fsp3) is 0.333. The molecule has 0 aromatic heterocycles. The molecule has 0 bridgehead atoms. The summed E-state index contributed by atoms with van der Waals surface area (Å²) in [5.41, 5.74) is 2.92. The fourth-order valence-corrected chi connectivity index (χ4v) is 3.02. The van der Waals surface area contributed by atoms with E-state index in [1.165, 1.54) is 12.5 Å². The number of carbonyl (C=O) groups is 2. The number of hydrogen-bond acceptors (Lipinski definition) is 4. The number of rotatable bonds is 2. The minimum Gasteiger partial charge on any atom is -0.435 e. The van der Waals surface area contributed by atoms with E-state index >= 15 is 0 Å². The highest BCUT2D eigenvalue weighted by molar-refractivity contribution is 5.98. The summed E-state index contributed by atoms with van der Waals surface area (Å²) in [5, 5.41) is 0. The largest absolute Gasteiger partial charge is 0.435 e. The highest BCUT2D eigenvalue weighted by Crippen LogP contribution is 2.40. The van der Waals surface area contributed by atoms with Crippen molar-refractivity contribution >= 4 is 11.8 Å². The third-order valence-corrected chi connectivity index (χ3v) is 4.08. The van der Waals surface area contributed by atoms with Crippen molar-refractivity contribution in [1.29, 1.82) is 0 Å². The number of fused-ring (bicyclic) bond motifs is 1. The minimum atomic E-state index is -0.724. The molecule has 0 amide bonds. The van der Waals surface area contributed by atoms with E-state index in [9.17, 15) is 9.59 Å². The van der Waals surface area contributed by atoms with Gasteiger partial charge in [-0.05, 0) is 12.5 Å². The van der Waals surface area contributed by atoms with Gasteiger partial charge >= 0.3 is 5.97 Å². The lowest BCUT2D eigenvalue weighted by atomic mass is 9.75. The Kier molecular flexibility index (Phi) is 3.94. The topological polar surface area (TPSA) is 52.6 Å². The molecule has 0 spiro atoms. The lowest BCUT2D eigenvalue weighted by Crippen LogP contribution is -2.43. The van der Waals surface area contributed by atoms with Crippen molar-refractivity contribution in [2.24, 2.45) is 5.92 Å². The molecule has 4 nitrogen and oxygen atoms in total. The zero-order chi connectivity index (χ0) is 15.7. The Labute approximate surface area is 129 Å². The van der Waals surface area contributed by atoms with Crippen LogP contribution in [0.5, 0.6) is 0 Å². The van der Waals surface area contributed by atoms with E-state index in [0.29, 0.717) is 5.57 Å². The molecule has 2 aliphatic rings. The molecule has 1 fully saturated rings. The zero-order valence-corrected chi connectivity index (χ0v) is 12.6. The number of carbonyl (C=O) groups excluding carboxylic acids is 2. The molecule has 0 saturated carbocycles. The first-order valence-corrected chi connectivity index (χ1v) is 7.33. The van der Waals surface area contributed by atoms with Crippen molar-refractivity contribution in [3.8, 4) is 0 Å². The molecule has 4 heteroatoms. The van der Waals surface area contributed by atoms with Gasteiger partial charge in [-0.2, -0.15) is 0 Å². The van der Waals surface area contributed by atoms with Crippen LogP contribution in [0.4, 0.5) is 0 Å². The van der Waals surface area contributed by atoms with E-state index in [1.54, 1.807) is 6.08 Å². The molecule has 1 heterocycles. The Bertz CT molecular complexity index is 654. The molecule has 22 heavy (non-hydrogen) atoms. The summed E-state index contributed by atoms with van der Waals surface area (Å²) in [6.07, 6.45) is 5.00. The fourth-order valence-electron chi connectivity index (χ4n) is 3.02. The number of esters is 1. The van der Waals surface area contributed by atoms with E-state index in [-0.39, 0.29) is 24.2 Å². The molecule has 0 N–H and O–H groups in total. The second-order valence-electron chi connectivity index (χ2n) is 5.68. The third-order valence-electron chi connectivity index (χ3n) is 4.08. The lowest BCUT2D eigenvalue weighted by molar-refractivity contribution is -0.194. The van der Waals surface area contributed by atoms with E-state index in [4.69, 9.17) is 9.47 Å². The van der Waals surface area contributed by atoms with Crippen molar-refractivity contribution in [1.82, 2.24) is 0 Å². The molecular formula is C18H18O4. The number of allylic oxidation sites excluding steroid dienone is 3. The highest BCUT2D eigenvalue weighted by Gasteiger charge is 2.42. The third kappa shape index (κ3) is 2.74. The van der Waals surface area contributed by atoms with Gasteiger partial charge in [-0.3, -0.25) is 9.59 Å². The first kappa shape index (κ1) is 14.7. The maximum Gasteiger partial charge on any atom is 0.304 e. The van der Waals surface area contributed by atoms with Crippen molar-refractivity contribution < 1.29 is 19.1 Å². The van der Waals surface area contributed by atoms with Crippen LogP contribution in [0, 0.1) is 12.8 Å². The molecule has 0 unspecified atom stereocenters. The van der Waals surface area contributed by atoms with Crippen molar-refractivity contribution in [2.75, 3.05) is 6.61 Å². The molecule has 1 saturated heterocycles. The maximum absolute atomic E-state index is 12.1. The van der Waals surface area contributed by atoms with E-state index in [0.717, 1.165) is 5.56 Å². The molecule has 1 aliphatic heterocycles. The Morgan fingerprint density at radius 1 is 1.27 bits per heavy atom. The van der Waals surface area contributed by atoms with Crippen LogP contribution < -0.4 is 0 Å². The standard InChI is InChI=1S/C18H18O4/c1-11-6-8-13(9-7-11)14-4-3-5-15-16(20)10-21-18(17(14)15)22-12(2)19/h3-9,14,17-18H,10H2,1-2H3/t14-,17+,18-/m0/s1. The first-order chi connectivity index (χ1) is 10.6. The molecule has 3 atom stereocenters. The molecule has 3 rings (SSSR count). The Hall–Kier alpha value is -2.20. The van der Waals surface area contributed by atoms with Gasteiger partial charge in [0.1, 0.15) is 6.61 Å². The summed E-state index contributed by atoms with van der Waals surface area (Å²) in [4.78, 5) is 23.5. The predicted molar refractivity (Wildman–Crippen MR) is 81.1 cm³/mol. The van der Waals surface area contributed by atoms with Crippen molar-refractivity contribution in [3.63, 3.8) is 0 Å². The zero-order valence-electron chi connectivity index (χ0n) is 12.6. The quantitative estimate of drug-likeness (QED) is 0.788. The monoisotopic (exact) mass is 298 g/mol. The molecule has 1 aromatic carbocycles. The Balaban J connectivity index is 1.97.